The molecule has 5 heteroatoms. The first-order valence-corrected chi connectivity index (χ1v) is 7.42. The zero-order valence-corrected chi connectivity index (χ0v) is 11.1. The van der Waals surface area contributed by atoms with Crippen molar-refractivity contribution in [3.8, 4) is 0 Å². The molecule has 0 aromatic heterocycles. The second-order valence-electron chi connectivity index (χ2n) is 4.56. The van der Waals surface area contributed by atoms with Crippen LogP contribution in [0.1, 0.15) is 26.2 Å². The molecule has 2 nitrogen and oxygen atoms in total. The van der Waals surface area contributed by atoms with Gasteiger partial charge in [-0.2, -0.15) is 0 Å². The maximum Gasteiger partial charge on any atom is 0.160 e. The van der Waals surface area contributed by atoms with E-state index in [1.807, 2.05) is 6.92 Å². The van der Waals surface area contributed by atoms with Gasteiger partial charge < -0.3 is 5.32 Å². The Balaban J connectivity index is 2.05. The molecule has 0 spiro atoms. The van der Waals surface area contributed by atoms with E-state index in [0.29, 0.717) is 10.9 Å². The van der Waals surface area contributed by atoms with Crippen molar-refractivity contribution in [3.63, 3.8) is 0 Å². The normalized spacial score (nSPS) is 25.3. The number of hydrogen-bond acceptors (Lipinski definition) is 2. The second kappa shape index (κ2) is 5.89. The molecule has 1 saturated carbocycles. The molecule has 1 aliphatic carbocycles. The van der Waals surface area contributed by atoms with Gasteiger partial charge in [0, 0.05) is 16.2 Å². The molecule has 0 amide bonds. The molecular weight excluding hydrogens is 256 g/mol. The van der Waals surface area contributed by atoms with Gasteiger partial charge in [-0.05, 0) is 44.0 Å². The van der Waals surface area contributed by atoms with Crippen molar-refractivity contribution < 1.29 is 13.0 Å². The fraction of sp³-hybridized carbons (Fsp3) is 0.538. The van der Waals surface area contributed by atoms with Crippen LogP contribution in [0.3, 0.4) is 0 Å². The third-order valence-corrected chi connectivity index (χ3v) is 5.06. The molecule has 0 aliphatic heterocycles. The van der Waals surface area contributed by atoms with Crippen molar-refractivity contribution in [2.24, 2.45) is 0 Å². The molecule has 3 unspecified atom stereocenters. The van der Waals surface area contributed by atoms with Crippen molar-refractivity contribution >= 4 is 10.8 Å². The second-order valence-corrected chi connectivity index (χ2v) is 6.30. The summed E-state index contributed by atoms with van der Waals surface area (Å²) >= 11 is 0. The maximum atomic E-state index is 13.1. The molecule has 1 fully saturated rings. The zero-order chi connectivity index (χ0) is 13.1. The minimum atomic E-state index is -1.25. The topological polar surface area (TPSA) is 29.1 Å². The van der Waals surface area contributed by atoms with Gasteiger partial charge in [0.15, 0.2) is 11.6 Å². The van der Waals surface area contributed by atoms with E-state index < -0.39 is 22.4 Å². The first-order valence-electron chi connectivity index (χ1n) is 6.20. The van der Waals surface area contributed by atoms with Gasteiger partial charge in [0.1, 0.15) is 0 Å². The largest absolute Gasteiger partial charge is 0.314 e. The highest BCUT2D eigenvalue weighted by Gasteiger charge is 2.29. The fourth-order valence-electron chi connectivity index (χ4n) is 2.40. The Morgan fingerprint density at radius 3 is 2.78 bits per heavy atom. The lowest BCUT2D eigenvalue weighted by atomic mass is 10.2. The quantitative estimate of drug-likeness (QED) is 0.913. The van der Waals surface area contributed by atoms with E-state index in [1.165, 1.54) is 6.07 Å². The van der Waals surface area contributed by atoms with Crippen LogP contribution in [0.4, 0.5) is 8.78 Å². The summed E-state index contributed by atoms with van der Waals surface area (Å²) in [6.07, 6.45) is 2.69. The van der Waals surface area contributed by atoms with Crippen molar-refractivity contribution in [1.29, 1.82) is 0 Å². The summed E-state index contributed by atoms with van der Waals surface area (Å²) in [7, 11) is -1.25. The highest BCUT2D eigenvalue weighted by Crippen LogP contribution is 2.27. The summed E-state index contributed by atoms with van der Waals surface area (Å²) in [5.74, 6) is -1.82. The lowest BCUT2D eigenvalue weighted by Gasteiger charge is -2.12. The minimum absolute atomic E-state index is 0.0407. The fourth-order valence-corrected chi connectivity index (χ4v) is 3.97. The zero-order valence-electron chi connectivity index (χ0n) is 10.3. The molecule has 3 atom stereocenters. The van der Waals surface area contributed by atoms with E-state index >= 15 is 0 Å². The van der Waals surface area contributed by atoms with Crippen LogP contribution in [-0.2, 0) is 10.8 Å². The van der Waals surface area contributed by atoms with Crippen LogP contribution >= 0.6 is 0 Å². The average Bonchev–Trinajstić information content (AvgIpc) is 2.81. The van der Waals surface area contributed by atoms with Gasteiger partial charge in [-0.15, -0.1) is 0 Å². The van der Waals surface area contributed by atoms with Crippen LogP contribution in [0.5, 0.6) is 0 Å². The Kier molecular flexibility index (Phi) is 4.45. The van der Waals surface area contributed by atoms with Crippen molar-refractivity contribution in [3.05, 3.63) is 29.8 Å². The minimum Gasteiger partial charge on any atom is -0.314 e. The lowest BCUT2D eigenvalue weighted by Crippen LogP contribution is -2.27. The summed E-state index contributed by atoms with van der Waals surface area (Å²) in [5.41, 5.74) is 0. The molecular formula is C13H17F2NOS. The monoisotopic (exact) mass is 273 g/mol. The van der Waals surface area contributed by atoms with Gasteiger partial charge in [-0.25, -0.2) is 8.78 Å². The summed E-state index contributed by atoms with van der Waals surface area (Å²) in [5, 5.41) is 3.37. The third-order valence-electron chi connectivity index (χ3n) is 3.30. The van der Waals surface area contributed by atoms with E-state index in [0.717, 1.165) is 37.9 Å². The van der Waals surface area contributed by atoms with E-state index in [9.17, 15) is 13.0 Å². The number of nitrogens with one attached hydrogen (secondary N) is 1. The molecule has 0 radical (unpaired) electrons. The van der Waals surface area contributed by atoms with Gasteiger partial charge >= 0.3 is 0 Å². The predicted molar refractivity (Wildman–Crippen MR) is 67.9 cm³/mol. The first kappa shape index (κ1) is 13.6. The summed E-state index contributed by atoms with van der Waals surface area (Å²) in [6, 6.07) is 3.90. The standard InChI is InChI=1S/C13H17F2NOS/c1-2-16-9-3-4-10(7-9)18(17)11-5-6-12(14)13(15)8-11/h5-6,8-10,16H,2-4,7H2,1H3. The van der Waals surface area contributed by atoms with E-state index in [1.54, 1.807) is 0 Å². The Morgan fingerprint density at radius 2 is 2.11 bits per heavy atom. The van der Waals surface area contributed by atoms with E-state index in [2.05, 4.69) is 5.32 Å². The van der Waals surface area contributed by atoms with Crippen LogP contribution in [0.2, 0.25) is 0 Å². The molecule has 0 bridgehead atoms. The number of hydrogen-bond donors (Lipinski definition) is 1. The van der Waals surface area contributed by atoms with Gasteiger partial charge in [0.05, 0.1) is 10.8 Å². The number of rotatable bonds is 4. The van der Waals surface area contributed by atoms with Crippen molar-refractivity contribution in [2.45, 2.75) is 42.4 Å². The molecule has 18 heavy (non-hydrogen) atoms. The van der Waals surface area contributed by atoms with E-state index in [-0.39, 0.29) is 5.25 Å². The first-order chi connectivity index (χ1) is 8.61. The Hall–Kier alpha value is -0.810. The predicted octanol–water partition coefficient (Wildman–Crippen LogP) is 2.60. The van der Waals surface area contributed by atoms with E-state index in [4.69, 9.17) is 0 Å². The van der Waals surface area contributed by atoms with Crippen molar-refractivity contribution in [2.75, 3.05) is 6.54 Å². The lowest BCUT2D eigenvalue weighted by molar-refractivity contribution is 0.505. The van der Waals surface area contributed by atoms with Crippen LogP contribution in [-0.4, -0.2) is 22.0 Å². The van der Waals surface area contributed by atoms with Crippen LogP contribution < -0.4 is 5.32 Å². The van der Waals surface area contributed by atoms with Gasteiger partial charge in [0.25, 0.3) is 0 Å². The number of halogens is 2. The number of benzene rings is 1. The summed E-state index contributed by atoms with van der Waals surface area (Å²) < 4.78 is 38.2. The maximum absolute atomic E-state index is 13.1. The summed E-state index contributed by atoms with van der Waals surface area (Å²) in [4.78, 5) is 0.385. The van der Waals surface area contributed by atoms with Gasteiger partial charge in [0.2, 0.25) is 0 Å². The molecule has 100 valence electrons. The molecule has 1 aliphatic rings. The van der Waals surface area contributed by atoms with Gasteiger partial charge in [-0.1, -0.05) is 6.92 Å². The van der Waals surface area contributed by atoms with Crippen molar-refractivity contribution in [1.82, 2.24) is 5.32 Å². The Morgan fingerprint density at radius 1 is 1.33 bits per heavy atom. The summed E-state index contributed by atoms with van der Waals surface area (Å²) in [6.45, 7) is 2.94. The highest BCUT2D eigenvalue weighted by atomic mass is 32.2. The Bertz CT molecular complexity index is 453. The third kappa shape index (κ3) is 2.95. The molecule has 0 heterocycles. The highest BCUT2D eigenvalue weighted by molar-refractivity contribution is 7.85. The molecule has 0 saturated heterocycles. The average molecular weight is 273 g/mol. The smallest absolute Gasteiger partial charge is 0.160 e. The van der Waals surface area contributed by atoms with Crippen LogP contribution in [0.25, 0.3) is 0 Å². The Labute approximate surface area is 108 Å². The van der Waals surface area contributed by atoms with Gasteiger partial charge in [-0.3, -0.25) is 4.21 Å². The van der Waals surface area contributed by atoms with Crippen LogP contribution in [0, 0.1) is 11.6 Å². The molecule has 1 aromatic rings. The molecule has 1 aromatic carbocycles. The molecule has 2 rings (SSSR count). The molecule has 1 N–H and O–H groups in total. The van der Waals surface area contributed by atoms with Crippen LogP contribution in [0.15, 0.2) is 23.1 Å². The SMILES string of the molecule is CCNC1CCC(S(=O)c2ccc(F)c(F)c2)C1.